The molecule has 116 valence electrons. The van der Waals surface area contributed by atoms with Crippen LogP contribution in [-0.2, 0) is 10.0 Å². The number of aldehydes is 1. The highest BCUT2D eigenvalue weighted by atomic mass is 32.2. The minimum Gasteiger partial charge on any atom is -0.296 e. The van der Waals surface area contributed by atoms with E-state index in [-0.39, 0.29) is 10.6 Å². The molecule has 0 saturated carbocycles. The average Bonchev–Trinajstić information content (AvgIpc) is 2.55. The van der Waals surface area contributed by atoms with Gasteiger partial charge >= 0.3 is 0 Å². The lowest BCUT2D eigenvalue weighted by molar-refractivity contribution is 0.111. The van der Waals surface area contributed by atoms with Crippen LogP contribution in [-0.4, -0.2) is 19.7 Å². The molecule has 0 bridgehead atoms. The van der Waals surface area contributed by atoms with Crippen molar-refractivity contribution in [2.75, 3.05) is 4.72 Å². The zero-order chi connectivity index (χ0) is 16.4. The summed E-state index contributed by atoms with van der Waals surface area (Å²) in [4.78, 5) is 15.3. The number of anilines is 1. The van der Waals surface area contributed by atoms with Crippen LogP contribution in [0.5, 0.6) is 0 Å². The Hall–Kier alpha value is -2.73. The van der Waals surface area contributed by atoms with E-state index in [0.717, 1.165) is 10.9 Å². The summed E-state index contributed by atoms with van der Waals surface area (Å²) in [5.41, 5.74) is 2.01. The van der Waals surface area contributed by atoms with Crippen molar-refractivity contribution >= 4 is 32.9 Å². The molecule has 1 N–H and O–H groups in total. The molecule has 0 aliphatic heterocycles. The second kappa shape index (κ2) is 5.81. The number of fused-ring (bicyclic) bond motifs is 1. The van der Waals surface area contributed by atoms with Gasteiger partial charge < -0.3 is 0 Å². The summed E-state index contributed by atoms with van der Waals surface area (Å²) in [5.74, 6) is 0. The number of hydrogen-bond donors (Lipinski definition) is 1. The van der Waals surface area contributed by atoms with Gasteiger partial charge in [-0.05, 0) is 31.2 Å². The number of pyridine rings is 1. The molecule has 6 heteroatoms. The molecule has 0 atom stereocenters. The molecule has 5 nitrogen and oxygen atoms in total. The topological polar surface area (TPSA) is 76.1 Å². The first-order valence-electron chi connectivity index (χ1n) is 6.94. The third kappa shape index (κ3) is 3.07. The maximum atomic E-state index is 12.5. The lowest BCUT2D eigenvalue weighted by Crippen LogP contribution is -2.13. The highest BCUT2D eigenvalue weighted by Crippen LogP contribution is 2.24. The highest BCUT2D eigenvalue weighted by molar-refractivity contribution is 7.92. The van der Waals surface area contributed by atoms with Gasteiger partial charge in [-0.25, -0.2) is 13.4 Å². The van der Waals surface area contributed by atoms with E-state index in [4.69, 9.17) is 0 Å². The zero-order valence-electron chi connectivity index (χ0n) is 12.4. The number of nitrogens with zero attached hydrogens (tertiary/aromatic N) is 1. The van der Waals surface area contributed by atoms with E-state index in [1.165, 1.54) is 0 Å². The van der Waals surface area contributed by atoms with E-state index >= 15 is 0 Å². The Balaban J connectivity index is 2.07. The molecule has 1 heterocycles. The first kappa shape index (κ1) is 15.2. The Morgan fingerprint density at radius 3 is 2.43 bits per heavy atom. The lowest BCUT2D eigenvalue weighted by atomic mass is 10.2. The van der Waals surface area contributed by atoms with Crippen LogP contribution < -0.4 is 4.72 Å². The van der Waals surface area contributed by atoms with Crippen LogP contribution in [0, 0.1) is 6.92 Å². The van der Waals surface area contributed by atoms with Crippen molar-refractivity contribution < 1.29 is 13.2 Å². The van der Waals surface area contributed by atoms with E-state index in [1.54, 1.807) is 54.6 Å². The standard InChI is InChI=1S/C17H14N2O3S/c1-12-5-9-15(10-6-12)23(21,22)19-16-4-2-3-13-7-8-14(11-20)18-17(13)16/h2-11,19H,1H3. The number of hydrogen-bond acceptors (Lipinski definition) is 4. The van der Waals surface area contributed by atoms with Crippen LogP contribution in [0.3, 0.4) is 0 Å². The second-order valence-corrected chi connectivity index (χ2v) is 6.83. The quantitative estimate of drug-likeness (QED) is 0.747. The largest absolute Gasteiger partial charge is 0.296 e. The molecule has 2 aromatic carbocycles. The minimum atomic E-state index is -3.72. The van der Waals surface area contributed by atoms with Crippen LogP contribution in [0.1, 0.15) is 16.1 Å². The Labute approximate surface area is 134 Å². The van der Waals surface area contributed by atoms with Gasteiger partial charge in [0.25, 0.3) is 10.0 Å². The number of para-hydroxylation sites is 1. The van der Waals surface area contributed by atoms with Gasteiger partial charge in [-0.2, -0.15) is 0 Å². The smallest absolute Gasteiger partial charge is 0.261 e. The maximum absolute atomic E-state index is 12.5. The average molecular weight is 326 g/mol. The zero-order valence-corrected chi connectivity index (χ0v) is 13.2. The molecular weight excluding hydrogens is 312 g/mol. The maximum Gasteiger partial charge on any atom is 0.261 e. The van der Waals surface area contributed by atoms with E-state index < -0.39 is 10.0 Å². The molecule has 0 aliphatic carbocycles. The monoisotopic (exact) mass is 326 g/mol. The number of aryl methyl sites for hydroxylation is 1. The Morgan fingerprint density at radius 1 is 1.00 bits per heavy atom. The van der Waals surface area contributed by atoms with Crippen LogP contribution in [0.25, 0.3) is 10.9 Å². The number of carbonyl (C=O) groups excluding carboxylic acids is 1. The first-order chi connectivity index (χ1) is 11.0. The predicted octanol–water partition coefficient (Wildman–Crippen LogP) is 3.16. The van der Waals surface area contributed by atoms with E-state index in [9.17, 15) is 13.2 Å². The fraction of sp³-hybridized carbons (Fsp3) is 0.0588. The molecule has 1 aromatic heterocycles. The van der Waals surface area contributed by atoms with Gasteiger partial charge in [0.2, 0.25) is 0 Å². The molecule has 0 fully saturated rings. The Kier molecular flexibility index (Phi) is 3.83. The van der Waals surface area contributed by atoms with E-state index in [0.29, 0.717) is 17.5 Å². The summed E-state index contributed by atoms with van der Waals surface area (Å²) < 4.78 is 27.5. The summed E-state index contributed by atoms with van der Waals surface area (Å²) in [6.45, 7) is 1.89. The molecule has 0 radical (unpaired) electrons. The summed E-state index contributed by atoms with van der Waals surface area (Å²) in [6, 6.07) is 15.1. The third-order valence-electron chi connectivity index (χ3n) is 3.44. The normalized spacial score (nSPS) is 11.3. The van der Waals surface area contributed by atoms with Crippen molar-refractivity contribution in [1.29, 1.82) is 0 Å². The summed E-state index contributed by atoms with van der Waals surface area (Å²) in [5, 5.41) is 0.750. The number of sulfonamides is 1. The van der Waals surface area contributed by atoms with Crippen molar-refractivity contribution in [3.8, 4) is 0 Å². The highest BCUT2D eigenvalue weighted by Gasteiger charge is 2.16. The minimum absolute atomic E-state index is 0.173. The molecular formula is C17H14N2O3S. The van der Waals surface area contributed by atoms with Crippen molar-refractivity contribution in [3.05, 3.63) is 65.9 Å². The summed E-state index contributed by atoms with van der Waals surface area (Å²) >= 11 is 0. The van der Waals surface area contributed by atoms with Gasteiger partial charge in [0.15, 0.2) is 6.29 Å². The number of benzene rings is 2. The first-order valence-corrected chi connectivity index (χ1v) is 8.42. The van der Waals surface area contributed by atoms with E-state index in [2.05, 4.69) is 9.71 Å². The Bertz CT molecular complexity index is 980. The van der Waals surface area contributed by atoms with Crippen LogP contribution in [0.15, 0.2) is 59.5 Å². The fourth-order valence-electron chi connectivity index (χ4n) is 2.23. The van der Waals surface area contributed by atoms with Crippen molar-refractivity contribution in [2.24, 2.45) is 0 Å². The number of rotatable bonds is 4. The predicted molar refractivity (Wildman–Crippen MR) is 89.1 cm³/mol. The van der Waals surface area contributed by atoms with Crippen molar-refractivity contribution in [2.45, 2.75) is 11.8 Å². The number of carbonyl (C=O) groups is 1. The van der Waals surface area contributed by atoms with Gasteiger partial charge in [-0.15, -0.1) is 0 Å². The van der Waals surface area contributed by atoms with Crippen LogP contribution >= 0.6 is 0 Å². The molecule has 0 unspecified atom stereocenters. The molecule has 3 rings (SSSR count). The Morgan fingerprint density at radius 2 is 1.74 bits per heavy atom. The number of aromatic nitrogens is 1. The molecule has 0 saturated heterocycles. The lowest BCUT2D eigenvalue weighted by Gasteiger charge is -2.10. The SMILES string of the molecule is Cc1ccc(S(=O)(=O)Nc2cccc3ccc(C=O)nc23)cc1. The molecule has 0 aliphatic rings. The fourth-order valence-corrected chi connectivity index (χ4v) is 3.30. The van der Waals surface area contributed by atoms with Crippen LogP contribution in [0.4, 0.5) is 5.69 Å². The van der Waals surface area contributed by atoms with Crippen LogP contribution in [0.2, 0.25) is 0 Å². The van der Waals surface area contributed by atoms with Gasteiger partial charge in [-0.3, -0.25) is 9.52 Å². The molecule has 0 amide bonds. The molecule has 23 heavy (non-hydrogen) atoms. The third-order valence-corrected chi connectivity index (χ3v) is 4.82. The van der Waals surface area contributed by atoms with Crippen molar-refractivity contribution in [3.63, 3.8) is 0 Å². The van der Waals surface area contributed by atoms with Crippen molar-refractivity contribution in [1.82, 2.24) is 4.98 Å². The molecule has 3 aromatic rings. The van der Waals surface area contributed by atoms with Gasteiger partial charge in [0.1, 0.15) is 5.69 Å². The van der Waals surface area contributed by atoms with Gasteiger partial charge in [-0.1, -0.05) is 35.9 Å². The van der Waals surface area contributed by atoms with E-state index in [1.807, 2.05) is 6.92 Å². The van der Waals surface area contributed by atoms with Gasteiger partial charge in [0, 0.05) is 5.39 Å². The summed E-state index contributed by atoms with van der Waals surface area (Å²) in [7, 11) is -3.72. The van der Waals surface area contributed by atoms with Gasteiger partial charge in [0.05, 0.1) is 16.1 Å². The summed E-state index contributed by atoms with van der Waals surface area (Å²) in [6.07, 6.45) is 0.630. The molecule has 0 spiro atoms. The number of nitrogens with one attached hydrogen (secondary N) is 1. The second-order valence-electron chi connectivity index (χ2n) is 5.15.